The zero-order valence-corrected chi connectivity index (χ0v) is 29.0. The third-order valence-electron chi connectivity index (χ3n) is 8.73. The molecule has 2 aromatic rings. The minimum Gasteiger partial charge on any atom is -0.481 e. The van der Waals surface area contributed by atoms with Gasteiger partial charge in [0.2, 0.25) is 5.69 Å². The molecule has 0 spiro atoms. The van der Waals surface area contributed by atoms with Gasteiger partial charge in [0.25, 0.3) is 10.1 Å². The zero-order valence-electron chi connectivity index (χ0n) is 27.3. The van der Waals surface area contributed by atoms with E-state index in [1.807, 2.05) is 75.4 Å². The Bertz CT molecular complexity index is 1750. The predicted molar refractivity (Wildman–Crippen MR) is 184 cm³/mol. The van der Waals surface area contributed by atoms with Crippen molar-refractivity contribution < 1.29 is 42.1 Å². The Hall–Kier alpha value is -3.52. The molecule has 2 aliphatic rings. The van der Waals surface area contributed by atoms with E-state index >= 15 is 0 Å². The van der Waals surface area contributed by atoms with Gasteiger partial charge in [0, 0.05) is 58.8 Å². The largest absolute Gasteiger partial charge is 0.481 e. The Labute approximate surface area is 281 Å². The van der Waals surface area contributed by atoms with Gasteiger partial charge < -0.3 is 10.0 Å². The molecular formula is C35H43N2O8S2+. The molecule has 0 radical (unpaired) electrons. The Morgan fingerprint density at radius 1 is 0.957 bits per heavy atom. The second-order valence-corrected chi connectivity index (χ2v) is 14.7. The second kappa shape index (κ2) is 15.1. The molecule has 0 aromatic heterocycles. The fraction of sp³-hybridized carbons (Fsp3) is 0.371. The predicted octanol–water partition coefficient (Wildman–Crippen LogP) is 7.75. The molecule has 0 atom stereocenters. The van der Waals surface area contributed by atoms with Gasteiger partial charge in [0.15, 0.2) is 5.71 Å². The lowest BCUT2D eigenvalue weighted by molar-refractivity contribution is -0.438. The van der Waals surface area contributed by atoms with Gasteiger partial charge in [-0.2, -0.15) is 13.0 Å². The molecule has 0 aliphatic carbocycles. The van der Waals surface area contributed by atoms with E-state index in [1.165, 1.54) is 6.07 Å². The number of anilines is 1. The lowest BCUT2D eigenvalue weighted by atomic mass is 9.81. The van der Waals surface area contributed by atoms with Gasteiger partial charge in [-0.05, 0) is 75.6 Å². The summed E-state index contributed by atoms with van der Waals surface area (Å²) in [7, 11) is -4.30. The maximum atomic E-state index is 11.8. The van der Waals surface area contributed by atoms with Gasteiger partial charge in [-0.15, -0.1) is 4.33 Å². The van der Waals surface area contributed by atoms with Crippen molar-refractivity contribution in [3.8, 4) is 0 Å². The number of carbonyl (C=O) groups is 1. The first-order valence-corrected chi connectivity index (χ1v) is 17.7. The zero-order chi connectivity index (χ0) is 34.4. The SMILES string of the molecule is CCN1C(=CC=CC=CC=CC2=[N+](CCCCCC(=O)O)c3ccc(SOOO)cc3C2(C)C)C(C)(C)c2cc(S(=O)(=O)O)ccc21. The summed E-state index contributed by atoms with van der Waals surface area (Å²) in [5.74, 6) is -0.780. The first kappa shape index (κ1) is 36.3. The number of hydrogen-bond acceptors (Lipinski definition) is 8. The highest BCUT2D eigenvalue weighted by Gasteiger charge is 2.44. The van der Waals surface area contributed by atoms with E-state index in [2.05, 4.69) is 38.8 Å². The number of benzene rings is 2. The molecule has 2 heterocycles. The first-order chi connectivity index (χ1) is 22.2. The highest BCUT2D eigenvalue weighted by Crippen LogP contribution is 2.48. The molecule has 252 valence electrons. The van der Waals surface area contributed by atoms with E-state index in [9.17, 15) is 17.8 Å². The molecule has 0 saturated carbocycles. The number of allylic oxidation sites excluding steroid dienone is 8. The number of hydrogen-bond donors (Lipinski definition) is 3. The Morgan fingerprint density at radius 3 is 2.36 bits per heavy atom. The molecule has 0 amide bonds. The maximum Gasteiger partial charge on any atom is 0.303 e. The number of likely N-dealkylation sites (N-methyl/N-ethyl adjacent to an activating group) is 1. The number of unbranched alkanes of at least 4 members (excludes halogenated alkanes) is 2. The summed E-state index contributed by atoms with van der Waals surface area (Å²) in [6, 6.07) is 10.7. The van der Waals surface area contributed by atoms with Crippen LogP contribution >= 0.6 is 12.0 Å². The number of carboxylic acid groups (broad SMARTS) is 1. The van der Waals surface area contributed by atoms with Crippen LogP contribution in [0.1, 0.15) is 71.4 Å². The fourth-order valence-electron chi connectivity index (χ4n) is 6.37. The number of rotatable bonds is 15. The van der Waals surface area contributed by atoms with Crippen LogP contribution in [-0.4, -0.2) is 52.7 Å². The summed E-state index contributed by atoms with van der Waals surface area (Å²) < 4.78 is 40.1. The molecule has 0 unspecified atom stereocenters. The van der Waals surface area contributed by atoms with Gasteiger partial charge in [-0.1, -0.05) is 49.3 Å². The van der Waals surface area contributed by atoms with Crippen LogP contribution in [0.3, 0.4) is 0 Å². The van der Waals surface area contributed by atoms with Crippen molar-refractivity contribution >= 4 is 45.2 Å². The molecule has 0 fully saturated rings. The Kier molecular flexibility index (Phi) is 11.7. The molecule has 47 heavy (non-hydrogen) atoms. The summed E-state index contributed by atoms with van der Waals surface area (Å²) in [5.41, 5.74) is 5.28. The lowest BCUT2D eigenvalue weighted by Crippen LogP contribution is -2.28. The summed E-state index contributed by atoms with van der Waals surface area (Å²) in [4.78, 5) is 13.8. The molecule has 0 bridgehead atoms. The van der Waals surface area contributed by atoms with E-state index in [-0.39, 0.29) is 16.7 Å². The van der Waals surface area contributed by atoms with Crippen molar-refractivity contribution in [3.63, 3.8) is 0 Å². The Balaban J connectivity index is 1.53. The van der Waals surface area contributed by atoms with E-state index in [0.29, 0.717) is 13.0 Å². The molecule has 2 aromatic carbocycles. The monoisotopic (exact) mass is 683 g/mol. The minimum atomic E-state index is -4.30. The molecule has 10 nitrogen and oxygen atoms in total. The van der Waals surface area contributed by atoms with Gasteiger partial charge in [-0.3, -0.25) is 9.35 Å². The van der Waals surface area contributed by atoms with Crippen molar-refractivity contribution in [2.24, 2.45) is 0 Å². The molecule has 12 heteroatoms. The first-order valence-electron chi connectivity index (χ1n) is 15.5. The van der Waals surface area contributed by atoms with Gasteiger partial charge in [0.1, 0.15) is 6.54 Å². The summed E-state index contributed by atoms with van der Waals surface area (Å²) >= 11 is 0.920. The molecule has 4 rings (SSSR count). The van der Waals surface area contributed by atoms with Crippen LogP contribution in [0.15, 0.2) is 94.4 Å². The van der Waals surface area contributed by atoms with E-state index < -0.39 is 21.5 Å². The fourth-order valence-corrected chi connectivity index (χ4v) is 7.27. The Morgan fingerprint density at radius 2 is 1.68 bits per heavy atom. The van der Waals surface area contributed by atoms with Crippen molar-refractivity contribution in [1.29, 1.82) is 0 Å². The maximum absolute atomic E-state index is 11.8. The smallest absolute Gasteiger partial charge is 0.303 e. The third-order valence-corrected chi connectivity index (χ3v) is 10.2. The van der Waals surface area contributed by atoms with Crippen LogP contribution in [0, 0.1) is 0 Å². The van der Waals surface area contributed by atoms with E-state index in [1.54, 1.807) is 12.1 Å². The number of nitrogens with zero attached hydrogens (tertiary/aromatic N) is 2. The molecular weight excluding hydrogens is 641 g/mol. The van der Waals surface area contributed by atoms with Crippen molar-refractivity contribution in [3.05, 3.63) is 95.8 Å². The van der Waals surface area contributed by atoms with E-state index in [4.69, 9.17) is 10.4 Å². The second-order valence-electron chi connectivity index (χ2n) is 12.5. The van der Waals surface area contributed by atoms with Crippen LogP contribution in [0.4, 0.5) is 11.4 Å². The van der Waals surface area contributed by atoms with Gasteiger partial charge in [-0.25, -0.2) is 5.26 Å². The molecule has 2 aliphatic heterocycles. The van der Waals surface area contributed by atoms with Gasteiger partial charge in [0.05, 0.1) is 22.4 Å². The third kappa shape index (κ3) is 8.14. The average Bonchev–Trinajstić information content (AvgIpc) is 3.36. The summed E-state index contributed by atoms with van der Waals surface area (Å²) in [5, 5.41) is 21.4. The van der Waals surface area contributed by atoms with E-state index in [0.717, 1.165) is 70.2 Å². The number of aliphatic carboxylic acids is 1. The number of carboxylic acids is 1. The van der Waals surface area contributed by atoms with Crippen LogP contribution in [0.5, 0.6) is 0 Å². The molecule has 3 N–H and O–H groups in total. The highest BCUT2D eigenvalue weighted by molar-refractivity contribution is 7.94. The highest BCUT2D eigenvalue weighted by atomic mass is 32.2. The topological polar surface area (TPSA) is 137 Å². The van der Waals surface area contributed by atoms with Crippen LogP contribution in [-0.2, 0) is 35.1 Å². The van der Waals surface area contributed by atoms with Crippen molar-refractivity contribution in [2.45, 2.75) is 80.9 Å². The summed E-state index contributed by atoms with van der Waals surface area (Å²) in [6.45, 7) is 11.9. The van der Waals surface area contributed by atoms with Crippen molar-refractivity contribution in [1.82, 2.24) is 0 Å². The van der Waals surface area contributed by atoms with Gasteiger partial charge >= 0.3 is 5.97 Å². The quantitative estimate of drug-likeness (QED) is 0.0325. The van der Waals surface area contributed by atoms with Crippen LogP contribution in [0.25, 0.3) is 0 Å². The minimum absolute atomic E-state index is 0.111. The average molecular weight is 684 g/mol. The standard InChI is InChI=1S/C35H42N2O8S2/c1-6-36-29-21-19-26(47(41,42)43)24-28(29)35(4,5)31(36)15-11-8-7-9-12-16-32-34(2,3)27-23-25(46-45-44-40)18-20-30(27)37(32)22-14-10-13-17-33(38)39/h7-9,11-12,15-16,18-21,23-24H,6,10,13-14,17,22H2,1-5H3,(H2-,38,39,40,41,42,43)/p+1. The lowest BCUT2D eigenvalue weighted by Gasteiger charge is -2.25. The van der Waals surface area contributed by atoms with Crippen molar-refractivity contribution in [2.75, 3.05) is 18.0 Å². The normalized spacial score (nSPS) is 17.9. The van der Waals surface area contributed by atoms with Crippen LogP contribution in [0.2, 0.25) is 0 Å². The number of fused-ring (bicyclic) bond motifs is 2. The molecule has 0 saturated heterocycles. The van der Waals surface area contributed by atoms with Crippen LogP contribution < -0.4 is 4.90 Å². The summed E-state index contributed by atoms with van der Waals surface area (Å²) in [6.07, 6.45) is 16.4.